The molecule has 2 aromatic carbocycles. The number of nitrogens with two attached hydrogens (primary N) is 1. The molecule has 1 aromatic heterocycles. The zero-order valence-corrected chi connectivity index (χ0v) is 23.5. The summed E-state index contributed by atoms with van der Waals surface area (Å²) in [5.41, 5.74) is 7.64. The van der Waals surface area contributed by atoms with E-state index in [0.29, 0.717) is 64.9 Å². The van der Waals surface area contributed by atoms with Gasteiger partial charge in [-0.3, -0.25) is 4.79 Å². The maximum absolute atomic E-state index is 13.5. The van der Waals surface area contributed by atoms with Crippen molar-refractivity contribution in [1.82, 2.24) is 14.1 Å². The molecular weight excluding hydrogens is 542 g/mol. The Morgan fingerprint density at radius 2 is 1.87 bits per heavy atom. The number of piperazine rings is 1. The van der Waals surface area contributed by atoms with Crippen LogP contribution in [0.5, 0.6) is 11.5 Å². The number of nitrogens with zero attached hydrogens (tertiary/aromatic N) is 4. The van der Waals surface area contributed by atoms with Crippen molar-refractivity contribution in [2.45, 2.75) is 19.1 Å². The van der Waals surface area contributed by atoms with E-state index in [1.54, 1.807) is 48.7 Å². The van der Waals surface area contributed by atoms with Gasteiger partial charge in [0.15, 0.2) is 0 Å². The third-order valence-corrected chi connectivity index (χ3v) is 9.39. The average Bonchev–Trinajstić information content (AvgIpc) is 3.63. The zero-order chi connectivity index (χ0) is 27.7. The monoisotopic (exact) mass is 573 g/mol. The van der Waals surface area contributed by atoms with Crippen molar-refractivity contribution in [2.24, 2.45) is 11.8 Å². The van der Waals surface area contributed by atoms with Crippen LogP contribution in [0.4, 0.5) is 11.4 Å². The van der Waals surface area contributed by atoms with Gasteiger partial charge in [0.1, 0.15) is 11.4 Å². The molecule has 2 N–H and O–H groups in total. The number of methoxy groups -OCH3 is 1. The van der Waals surface area contributed by atoms with Gasteiger partial charge < -0.3 is 20.1 Å². The molecule has 3 aromatic rings. The van der Waals surface area contributed by atoms with E-state index >= 15 is 0 Å². The van der Waals surface area contributed by atoms with Crippen LogP contribution in [0.2, 0.25) is 5.02 Å². The minimum Gasteiger partial charge on any atom is -0.495 e. The van der Waals surface area contributed by atoms with Gasteiger partial charge in [0, 0.05) is 31.2 Å². The number of anilines is 2. The van der Waals surface area contributed by atoms with Crippen LogP contribution in [-0.2, 0) is 15.8 Å². The van der Waals surface area contributed by atoms with Crippen LogP contribution >= 0.6 is 11.6 Å². The van der Waals surface area contributed by atoms with Crippen molar-refractivity contribution >= 4 is 33.0 Å². The Morgan fingerprint density at radius 3 is 2.54 bits per heavy atom. The van der Waals surface area contributed by atoms with E-state index in [2.05, 4.69) is 12.0 Å². The van der Waals surface area contributed by atoms with E-state index < -0.39 is 10.0 Å². The van der Waals surface area contributed by atoms with E-state index in [4.69, 9.17) is 26.8 Å². The second-order valence-electron chi connectivity index (χ2n) is 10.1. The second kappa shape index (κ2) is 11.1. The molecule has 1 saturated heterocycles. The van der Waals surface area contributed by atoms with Gasteiger partial charge in [0.05, 0.1) is 37.0 Å². The summed E-state index contributed by atoms with van der Waals surface area (Å²) in [5.74, 6) is 1.49. The smallest absolute Gasteiger partial charge is 0.316 e. The lowest BCUT2D eigenvalue weighted by Crippen LogP contribution is -2.49. The topological polar surface area (TPSA) is 120 Å². The molecule has 12 heteroatoms. The Hall–Kier alpha value is -3.28. The summed E-state index contributed by atoms with van der Waals surface area (Å²) in [6.07, 6.45) is 2.68. The quantitative estimate of drug-likeness (QED) is 0.388. The predicted molar refractivity (Wildman–Crippen MR) is 151 cm³/mol. The van der Waals surface area contributed by atoms with Crippen LogP contribution in [-0.4, -0.2) is 62.4 Å². The number of nitrogen functional groups attached to an aromatic ring is 1. The summed E-state index contributed by atoms with van der Waals surface area (Å²) >= 11 is 6.14. The largest absolute Gasteiger partial charge is 0.495 e. The van der Waals surface area contributed by atoms with E-state index in [0.717, 1.165) is 6.42 Å². The van der Waals surface area contributed by atoms with Gasteiger partial charge in [-0.25, -0.2) is 8.42 Å². The lowest BCUT2D eigenvalue weighted by atomic mass is 10.2. The van der Waals surface area contributed by atoms with E-state index in [9.17, 15) is 13.2 Å². The van der Waals surface area contributed by atoms with Crippen molar-refractivity contribution in [1.29, 1.82) is 0 Å². The third-order valence-electron chi connectivity index (χ3n) is 7.31. The van der Waals surface area contributed by atoms with Gasteiger partial charge in [-0.2, -0.15) is 14.1 Å². The molecule has 2 fully saturated rings. The molecule has 5 rings (SSSR count). The molecule has 208 valence electrons. The zero-order valence-electron chi connectivity index (χ0n) is 21.9. The third kappa shape index (κ3) is 6.00. The highest BCUT2D eigenvalue weighted by Crippen LogP contribution is 2.38. The van der Waals surface area contributed by atoms with Crippen LogP contribution < -0.4 is 25.7 Å². The van der Waals surface area contributed by atoms with E-state index in [1.807, 2.05) is 4.90 Å². The molecule has 1 aliphatic carbocycles. The van der Waals surface area contributed by atoms with E-state index in [-0.39, 0.29) is 30.2 Å². The number of sulfonamides is 1. The highest BCUT2D eigenvalue weighted by molar-refractivity contribution is 7.88. The first kappa shape index (κ1) is 27.3. The molecule has 2 unspecified atom stereocenters. The maximum Gasteiger partial charge on any atom is 0.316 e. The minimum absolute atomic E-state index is 0.158. The van der Waals surface area contributed by atoms with Gasteiger partial charge in [-0.1, -0.05) is 30.7 Å². The number of hydrogen-bond acceptors (Lipinski definition) is 8. The second-order valence-corrected chi connectivity index (χ2v) is 12.5. The summed E-state index contributed by atoms with van der Waals surface area (Å²) in [6.45, 7) is 3.93. The molecule has 1 saturated carbocycles. The van der Waals surface area contributed by atoms with Gasteiger partial charge in [0.25, 0.3) is 0 Å². The molecule has 2 heterocycles. The minimum atomic E-state index is -3.58. The van der Waals surface area contributed by atoms with Crippen LogP contribution in [0.25, 0.3) is 5.69 Å². The van der Waals surface area contributed by atoms with Crippen molar-refractivity contribution in [2.75, 3.05) is 50.5 Å². The molecule has 0 amide bonds. The fourth-order valence-corrected chi connectivity index (χ4v) is 6.45. The molecule has 2 aliphatic rings. The van der Waals surface area contributed by atoms with Crippen LogP contribution in [0.15, 0.2) is 53.5 Å². The lowest BCUT2D eigenvalue weighted by Gasteiger charge is -2.35. The first-order chi connectivity index (χ1) is 18.7. The molecule has 0 bridgehead atoms. The summed E-state index contributed by atoms with van der Waals surface area (Å²) < 4.78 is 40.5. The number of hydrogen-bond donors (Lipinski definition) is 1. The Balaban J connectivity index is 1.34. The van der Waals surface area contributed by atoms with Crippen molar-refractivity contribution in [3.63, 3.8) is 0 Å². The highest BCUT2D eigenvalue weighted by Gasteiger charge is 2.34. The molecule has 39 heavy (non-hydrogen) atoms. The summed E-state index contributed by atoms with van der Waals surface area (Å²) in [5, 5.41) is 4.89. The van der Waals surface area contributed by atoms with Crippen LogP contribution in [0.1, 0.15) is 18.9 Å². The summed E-state index contributed by atoms with van der Waals surface area (Å²) in [4.78, 5) is 15.5. The van der Waals surface area contributed by atoms with Gasteiger partial charge in [-0.15, -0.1) is 0 Å². The molecule has 10 nitrogen and oxygen atoms in total. The number of benzene rings is 2. The molecular formula is C27H32ClN5O5S. The van der Waals surface area contributed by atoms with Gasteiger partial charge in [0.2, 0.25) is 15.8 Å². The van der Waals surface area contributed by atoms with Gasteiger partial charge in [-0.05, 0) is 54.2 Å². The van der Waals surface area contributed by atoms with Gasteiger partial charge >= 0.3 is 5.56 Å². The average molecular weight is 574 g/mol. The van der Waals surface area contributed by atoms with E-state index in [1.165, 1.54) is 16.1 Å². The Bertz CT molecular complexity index is 1520. The van der Waals surface area contributed by atoms with Crippen LogP contribution in [0, 0.1) is 11.8 Å². The fourth-order valence-electron chi connectivity index (χ4n) is 4.76. The number of halogens is 1. The number of ether oxygens (including phenoxy) is 2. The van der Waals surface area contributed by atoms with Crippen molar-refractivity contribution < 1.29 is 17.9 Å². The fraction of sp³-hybridized carbons (Fsp3) is 0.407. The molecule has 0 radical (unpaired) electrons. The maximum atomic E-state index is 13.5. The highest BCUT2D eigenvalue weighted by atomic mass is 35.5. The Labute approximate surface area is 232 Å². The lowest BCUT2D eigenvalue weighted by molar-refractivity contribution is 0.286. The standard InChI is InChI=1S/C27H32ClN5O5S/c1-18-12-20(18)16-38-26-24(15-30-33(27(26)34)22-5-3-4-21(28)14-22)31-8-10-32(11-9-31)39(35,36)17-19-6-7-23(29)25(13-19)37-2/h3-7,13-15,18,20H,8-12,16-17,29H2,1-2H3. The summed E-state index contributed by atoms with van der Waals surface area (Å²) in [6, 6.07) is 11.9. The first-order valence-corrected chi connectivity index (χ1v) is 14.8. The first-order valence-electron chi connectivity index (χ1n) is 12.8. The normalized spacial score (nSPS) is 19.6. The Kier molecular flexibility index (Phi) is 7.75. The number of rotatable bonds is 9. The van der Waals surface area contributed by atoms with Crippen molar-refractivity contribution in [3.05, 3.63) is 69.6 Å². The SMILES string of the molecule is COc1cc(CS(=O)(=O)N2CCN(c3cnn(-c4cccc(Cl)c4)c(=O)c3OCC3CC3C)CC2)ccc1N. The molecule has 0 spiro atoms. The number of aromatic nitrogens is 2. The molecule has 1 aliphatic heterocycles. The summed E-state index contributed by atoms with van der Waals surface area (Å²) in [7, 11) is -2.08. The Morgan fingerprint density at radius 1 is 1.13 bits per heavy atom. The predicted octanol–water partition coefficient (Wildman–Crippen LogP) is 3.16. The van der Waals surface area contributed by atoms with Crippen LogP contribution in [0.3, 0.4) is 0 Å². The molecule has 2 atom stereocenters. The van der Waals surface area contributed by atoms with Crippen molar-refractivity contribution in [3.8, 4) is 17.2 Å².